The summed E-state index contributed by atoms with van der Waals surface area (Å²) in [5.74, 6) is 1.27. The summed E-state index contributed by atoms with van der Waals surface area (Å²) in [7, 11) is 0. The lowest BCUT2D eigenvalue weighted by atomic mass is 10.0. The van der Waals surface area contributed by atoms with Gasteiger partial charge in [-0.15, -0.1) is 23.2 Å². The molecule has 0 aliphatic rings. The summed E-state index contributed by atoms with van der Waals surface area (Å²) in [6.45, 7) is 4.07. The van der Waals surface area contributed by atoms with Gasteiger partial charge in [0.2, 0.25) is 0 Å². The molecule has 0 atom stereocenters. The lowest BCUT2D eigenvalue weighted by molar-refractivity contribution is 0.484. The molecule has 7 heavy (non-hydrogen) atoms. The Bertz CT molecular complexity index is 44.0. The first-order valence-corrected chi connectivity index (χ1v) is 3.31. The van der Waals surface area contributed by atoms with E-state index in [9.17, 15) is 0 Å². The van der Waals surface area contributed by atoms with Gasteiger partial charge in [-0.2, -0.15) is 0 Å². The van der Waals surface area contributed by atoms with Crippen LogP contribution >= 0.6 is 23.2 Å². The van der Waals surface area contributed by atoms with Gasteiger partial charge in [0.1, 0.15) is 0 Å². The monoisotopic (exact) mass is 140 g/mol. The molecule has 0 radical (unpaired) electrons. The van der Waals surface area contributed by atoms with E-state index in [0.29, 0.717) is 11.8 Å². The molecule has 0 nitrogen and oxygen atoms in total. The summed E-state index contributed by atoms with van der Waals surface area (Å²) < 4.78 is 0. The SMILES string of the molecule is CC(C)(CCl)CCl. The fourth-order valence-corrected chi connectivity index (χ4v) is 0.321. The third-order valence-corrected chi connectivity index (χ3v) is 2.17. The van der Waals surface area contributed by atoms with Crippen molar-refractivity contribution in [3.8, 4) is 0 Å². The highest BCUT2D eigenvalue weighted by Gasteiger charge is 2.12. The highest BCUT2D eigenvalue weighted by molar-refractivity contribution is 6.21. The van der Waals surface area contributed by atoms with E-state index in [4.69, 9.17) is 23.2 Å². The van der Waals surface area contributed by atoms with Gasteiger partial charge in [-0.25, -0.2) is 0 Å². The first kappa shape index (κ1) is 7.58. The fraction of sp³-hybridized carbons (Fsp3) is 1.00. The van der Waals surface area contributed by atoms with Crippen molar-refractivity contribution in [2.24, 2.45) is 5.41 Å². The molecule has 0 heterocycles. The summed E-state index contributed by atoms with van der Waals surface area (Å²) in [5, 5.41) is 0. The normalized spacial score (nSPS) is 12.0. The minimum Gasteiger partial charge on any atom is -0.126 e. The Morgan fingerprint density at radius 1 is 1.14 bits per heavy atom. The van der Waals surface area contributed by atoms with Crippen LogP contribution in [0.1, 0.15) is 13.8 Å². The number of hydrogen-bond acceptors (Lipinski definition) is 0. The van der Waals surface area contributed by atoms with Crippen molar-refractivity contribution in [3.05, 3.63) is 0 Å². The zero-order chi connectivity index (χ0) is 5.91. The van der Waals surface area contributed by atoms with Crippen LogP contribution in [0.5, 0.6) is 0 Å². The Morgan fingerprint density at radius 3 is 1.43 bits per heavy atom. The zero-order valence-electron chi connectivity index (χ0n) is 4.67. The summed E-state index contributed by atoms with van der Waals surface area (Å²) in [6, 6.07) is 0. The van der Waals surface area contributed by atoms with Gasteiger partial charge in [0.15, 0.2) is 0 Å². The van der Waals surface area contributed by atoms with Crippen LogP contribution in [-0.4, -0.2) is 11.8 Å². The Kier molecular flexibility index (Phi) is 3.01. The van der Waals surface area contributed by atoms with E-state index >= 15 is 0 Å². The standard InChI is InChI=1S/C5H10Cl2/c1-5(2,3-6)4-7/h3-4H2,1-2H3. The number of rotatable bonds is 2. The van der Waals surface area contributed by atoms with Crippen molar-refractivity contribution in [1.82, 2.24) is 0 Å². The lowest BCUT2D eigenvalue weighted by Crippen LogP contribution is -2.14. The second kappa shape index (κ2) is 2.78. The molecule has 0 aromatic heterocycles. The van der Waals surface area contributed by atoms with E-state index < -0.39 is 0 Å². The van der Waals surface area contributed by atoms with Gasteiger partial charge < -0.3 is 0 Å². The van der Waals surface area contributed by atoms with Gasteiger partial charge in [-0.3, -0.25) is 0 Å². The van der Waals surface area contributed by atoms with E-state index in [1.54, 1.807) is 0 Å². The van der Waals surface area contributed by atoms with E-state index in [-0.39, 0.29) is 5.41 Å². The van der Waals surface area contributed by atoms with E-state index in [1.807, 2.05) is 13.8 Å². The third-order valence-electron chi connectivity index (χ3n) is 0.724. The second-order valence-corrected chi connectivity index (χ2v) is 2.97. The van der Waals surface area contributed by atoms with Gasteiger partial charge in [0.05, 0.1) is 0 Å². The van der Waals surface area contributed by atoms with Crippen LogP contribution < -0.4 is 0 Å². The van der Waals surface area contributed by atoms with E-state index in [0.717, 1.165) is 0 Å². The van der Waals surface area contributed by atoms with Crippen molar-refractivity contribution in [2.75, 3.05) is 11.8 Å². The maximum Gasteiger partial charge on any atom is 0.0286 e. The molecule has 0 saturated heterocycles. The molecule has 0 amide bonds. The maximum atomic E-state index is 5.51. The first-order valence-electron chi connectivity index (χ1n) is 2.24. The van der Waals surface area contributed by atoms with Gasteiger partial charge >= 0.3 is 0 Å². The van der Waals surface area contributed by atoms with Crippen molar-refractivity contribution in [3.63, 3.8) is 0 Å². The van der Waals surface area contributed by atoms with Gasteiger partial charge in [-0.1, -0.05) is 13.8 Å². The number of alkyl halides is 2. The second-order valence-electron chi connectivity index (χ2n) is 2.43. The first-order chi connectivity index (χ1) is 3.12. The van der Waals surface area contributed by atoms with Gasteiger partial charge in [-0.05, 0) is 5.41 Å². The van der Waals surface area contributed by atoms with Crippen molar-refractivity contribution in [1.29, 1.82) is 0 Å². The topological polar surface area (TPSA) is 0 Å². The molecule has 2 heteroatoms. The Morgan fingerprint density at radius 2 is 1.43 bits per heavy atom. The smallest absolute Gasteiger partial charge is 0.0286 e. The molecule has 0 aromatic rings. The fourth-order valence-electron chi connectivity index (χ4n) is 0.0357. The third kappa shape index (κ3) is 3.19. The van der Waals surface area contributed by atoms with Crippen molar-refractivity contribution < 1.29 is 0 Å². The van der Waals surface area contributed by atoms with Gasteiger partial charge in [0.25, 0.3) is 0 Å². The minimum absolute atomic E-state index is 0.114. The quantitative estimate of drug-likeness (QED) is 0.518. The molecule has 44 valence electrons. The van der Waals surface area contributed by atoms with Crippen LogP contribution in [0.25, 0.3) is 0 Å². The lowest BCUT2D eigenvalue weighted by Gasteiger charge is -2.15. The number of halogens is 2. The zero-order valence-corrected chi connectivity index (χ0v) is 6.18. The molecule has 0 unspecified atom stereocenters. The largest absolute Gasteiger partial charge is 0.126 e. The summed E-state index contributed by atoms with van der Waals surface area (Å²) in [5.41, 5.74) is 0.114. The molecule has 0 spiro atoms. The van der Waals surface area contributed by atoms with Crippen LogP contribution in [0.4, 0.5) is 0 Å². The summed E-state index contributed by atoms with van der Waals surface area (Å²) in [6.07, 6.45) is 0. The van der Waals surface area contributed by atoms with Crippen molar-refractivity contribution >= 4 is 23.2 Å². The average molecular weight is 141 g/mol. The molecule has 0 aliphatic carbocycles. The van der Waals surface area contributed by atoms with Gasteiger partial charge in [0, 0.05) is 11.8 Å². The Hall–Kier alpha value is 0.580. The predicted molar refractivity (Wildman–Crippen MR) is 35.2 cm³/mol. The van der Waals surface area contributed by atoms with E-state index in [2.05, 4.69) is 0 Å². The Balaban J connectivity index is 3.36. The van der Waals surface area contributed by atoms with Crippen LogP contribution in [0.15, 0.2) is 0 Å². The minimum atomic E-state index is 0.114. The van der Waals surface area contributed by atoms with Crippen LogP contribution in [0.2, 0.25) is 0 Å². The van der Waals surface area contributed by atoms with Crippen LogP contribution in [0.3, 0.4) is 0 Å². The molecular weight excluding hydrogens is 131 g/mol. The van der Waals surface area contributed by atoms with Crippen molar-refractivity contribution in [2.45, 2.75) is 13.8 Å². The Labute approximate surface area is 54.8 Å². The maximum absolute atomic E-state index is 5.51. The molecule has 0 fully saturated rings. The average Bonchev–Trinajstić information content (AvgIpc) is 1.68. The number of hydrogen-bond donors (Lipinski definition) is 0. The summed E-state index contributed by atoms with van der Waals surface area (Å²) >= 11 is 11.0. The molecule has 0 aromatic carbocycles. The molecule has 0 rings (SSSR count). The summed E-state index contributed by atoms with van der Waals surface area (Å²) in [4.78, 5) is 0. The molecule has 0 bridgehead atoms. The van der Waals surface area contributed by atoms with E-state index in [1.165, 1.54) is 0 Å². The molecule has 0 aliphatic heterocycles. The highest BCUT2D eigenvalue weighted by Crippen LogP contribution is 2.17. The molecule has 0 saturated carbocycles. The highest BCUT2D eigenvalue weighted by atomic mass is 35.5. The molecule has 0 N–H and O–H groups in total. The van der Waals surface area contributed by atoms with Crippen LogP contribution in [-0.2, 0) is 0 Å². The molecular formula is C5H10Cl2. The predicted octanol–water partition coefficient (Wildman–Crippen LogP) is 2.49. The van der Waals surface area contributed by atoms with Crippen LogP contribution in [0, 0.1) is 5.41 Å².